The van der Waals surface area contributed by atoms with Gasteiger partial charge < -0.3 is 19.4 Å². The fourth-order valence-corrected chi connectivity index (χ4v) is 5.94. The van der Waals surface area contributed by atoms with Crippen molar-refractivity contribution in [2.45, 2.75) is 25.3 Å². The average Bonchev–Trinajstić information content (AvgIpc) is 3.49. The molecular weight excluding hydrogens is 382 g/mol. The lowest BCUT2D eigenvalue weighted by molar-refractivity contribution is -0.929. The van der Waals surface area contributed by atoms with Gasteiger partial charge in [-0.2, -0.15) is 0 Å². The number of piperazine rings is 1. The monoisotopic (exact) mass is 412 g/mol. The van der Waals surface area contributed by atoms with Crippen LogP contribution in [0.25, 0.3) is 0 Å². The molecule has 1 amide bonds. The van der Waals surface area contributed by atoms with Crippen LogP contribution in [0.3, 0.4) is 0 Å². The summed E-state index contributed by atoms with van der Waals surface area (Å²) in [6.07, 6.45) is 3.79. The Morgan fingerprint density at radius 1 is 1.14 bits per heavy atom. The minimum absolute atomic E-state index is 0.332. The third-order valence-electron chi connectivity index (χ3n) is 6.77. The largest absolute Gasteiger partial charge is 0.497 e. The van der Waals surface area contributed by atoms with Gasteiger partial charge in [0.2, 0.25) is 0 Å². The maximum absolute atomic E-state index is 13.1. The number of hydrogen-bond donors (Lipinski definition) is 1. The molecule has 5 rings (SSSR count). The van der Waals surface area contributed by atoms with E-state index < -0.39 is 0 Å². The van der Waals surface area contributed by atoms with Crippen LogP contribution in [0.2, 0.25) is 0 Å². The second-order valence-electron chi connectivity index (χ2n) is 8.52. The Hall–Kier alpha value is -2.05. The standard InChI is InChI=1S/C23H29N3O2S/c1-28-19-6-4-18(5-7-19)24-11-13-25(14-12-24)22(27)16-26-10-8-21-20(9-15-29-21)23(26)17-2-3-17/h4-7,9,15,17,23H,2-3,8,10-14,16H2,1H3/p+1/t23-/m1/s1. The molecule has 2 atom stereocenters. The molecule has 5 nitrogen and oxygen atoms in total. The zero-order valence-corrected chi connectivity index (χ0v) is 17.9. The first kappa shape index (κ1) is 18.9. The summed E-state index contributed by atoms with van der Waals surface area (Å²) in [4.78, 5) is 20.6. The molecule has 2 fully saturated rings. The molecule has 1 unspecified atom stereocenters. The van der Waals surface area contributed by atoms with Gasteiger partial charge in [0.25, 0.3) is 5.91 Å². The van der Waals surface area contributed by atoms with Crippen molar-refractivity contribution >= 4 is 22.9 Å². The Bertz CT molecular complexity index is 853. The predicted octanol–water partition coefficient (Wildman–Crippen LogP) is 2.00. The van der Waals surface area contributed by atoms with E-state index in [1.54, 1.807) is 12.0 Å². The van der Waals surface area contributed by atoms with Crippen molar-refractivity contribution in [3.63, 3.8) is 0 Å². The fourth-order valence-electron chi connectivity index (χ4n) is 5.01. The van der Waals surface area contributed by atoms with Crippen LogP contribution < -0.4 is 14.5 Å². The van der Waals surface area contributed by atoms with E-state index in [9.17, 15) is 4.79 Å². The normalized spacial score (nSPS) is 24.3. The summed E-state index contributed by atoms with van der Waals surface area (Å²) in [5.74, 6) is 2.00. The van der Waals surface area contributed by atoms with Gasteiger partial charge in [0.05, 0.1) is 13.7 Å². The molecule has 0 bridgehead atoms. The zero-order chi connectivity index (χ0) is 19.8. The highest BCUT2D eigenvalue weighted by atomic mass is 32.1. The topological polar surface area (TPSA) is 37.2 Å². The van der Waals surface area contributed by atoms with Gasteiger partial charge in [-0.05, 0) is 48.6 Å². The van der Waals surface area contributed by atoms with Crippen molar-refractivity contribution in [2.75, 3.05) is 51.3 Å². The summed E-state index contributed by atoms with van der Waals surface area (Å²) in [6, 6.07) is 11.1. The van der Waals surface area contributed by atoms with Crippen LogP contribution in [0.1, 0.15) is 29.3 Å². The molecule has 29 heavy (non-hydrogen) atoms. The summed E-state index contributed by atoms with van der Waals surface area (Å²) < 4.78 is 5.25. The number of benzene rings is 1. The molecule has 154 valence electrons. The average molecular weight is 413 g/mol. The van der Waals surface area contributed by atoms with E-state index in [1.807, 2.05) is 23.5 Å². The van der Waals surface area contributed by atoms with Crippen molar-refractivity contribution in [3.8, 4) is 5.75 Å². The highest BCUT2D eigenvalue weighted by Gasteiger charge is 2.44. The van der Waals surface area contributed by atoms with Crippen molar-refractivity contribution in [3.05, 3.63) is 46.2 Å². The second kappa shape index (κ2) is 8.00. The van der Waals surface area contributed by atoms with Gasteiger partial charge in [0.1, 0.15) is 11.8 Å². The van der Waals surface area contributed by atoms with Crippen LogP contribution in [-0.2, 0) is 11.2 Å². The van der Waals surface area contributed by atoms with Gasteiger partial charge in [-0.1, -0.05) is 0 Å². The van der Waals surface area contributed by atoms with E-state index in [1.165, 1.54) is 29.0 Å². The zero-order valence-electron chi connectivity index (χ0n) is 17.1. The van der Waals surface area contributed by atoms with Gasteiger partial charge in [0, 0.05) is 54.6 Å². The maximum atomic E-state index is 13.1. The van der Waals surface area contributed by atoms with E-state index in [0.717, 1.165) is 50.8 Å². The molecule has 6 heteroatoms. The number of methoxy groups -OCH3 is 1. The number of quaternary nitrogens is 1. The molecule has 0 radical (unpaired) electrons. The number of nitrogens with zero attached hydrogens (tertiary/aromatic N) is 2. The number of rotatable bonds is 5. The Balaban J connectivity index is 1.19. The van der Waals surface area contributed by atoms with Gasteiger partial charge >= 0.3 is 0 Å². The van der Waals surface area contributed by atoms with Gasteiger partial charge in [-0.15, -0.1) is 11.3 Å². The van der Waals surface area contributed by atoms with Crippen molar-refractivity contribution < 1.29 is 14.4 Å². The van der Waals surface area contributed by atoms with E-state index in [-0.39, 0.29) is 0 Å². The van der Waals surface area contributed by atoms with Crippen LogP contribution >= 0.6 is 11.3 Å². The third-order valence-corrected chi connectivity index (χ3v) is 7.77. The van der Waals surface area contributed by atoms with E-state index in [0.29, 0.717) is 18.5 Å². The number of carbonyl (C=O) groups excluding carboxylic acids is 1. The van der Waals surface area contributed by atoms with Gasteiger partial charge in [-0.25, -0.2) is 0 Å². The summed E-state index contributed by atoms with van der Waals surface area (Å²) in [7, 11) is 1.69. The smallest absolute Gasteiger partial charge is 0.277 e. The summed E-state index contributed by atoms with van der Waals surface area (Å²) in [5.41, 5.74) is 2.74. The number of anilines is 1. The van der Waals surface area contributed by atoms with Crippen LogP contribution in [0.15, 0.2) is 35.7 Å². The first-order chi connectivity index (χ1) is 14.2. The van der Waals surface area contributed by atoms with Crippen LogP contribution in [0, 0.1) is 5.92 Å². The van der Waals surface area contributed by atoms with E-state index >= 15 is 0 Å². The Morgan fingerprint density at radius 2 is 1.90 bits per heavy atom. The molecule has 1 N–H and O–H groups in total. The maximum Gasteiger partial charge on any atom is 0.277 e. The summed E-state index contributed by atoms with van der Waals surface area (Å²) >= 11 is 1.90. The Labute approximate surface area is 176 Å². The first-order valence-corrected chi connectivity index (χ1v) is 11.7. The number of nitrogens with one attached hydrogen (secondary N) is 1. The molecule has 1 aliphatic carbocycles. The predicted molar refractivity (Wildman–Crippen MR) is 116 cm³/mol. The fraction of sp³-hybridized carbons (Fsp3) is 0.522. The number of carbonyl (C=O) groups is 1. The Morgan fingerprint density at radius 3 is 2.59 bits per heavy atom. The van der Waals surface area contributed by atoms with Crippen LogP contribution in [0.5, 0.6) is 5.75 Å². The minimum Gasteiger partial charge on any atom is -0.497 e. The molecule has 1 saturated carbocycles. The third kappa shape index (κ3) is 3.88. The van der Waals surface area contributed by atoms with Gasteiger partial charge in [-0.3, -0.25) is 4.79 Å². The molecule has 1 aromatic carbocycles. The van der Waals surface area contributed by atoms with Gasteiger partial charge in [0.15, 0.2) is 6.54 Å². The summed E-state index contributed by atoms with van der Waals surface area (Å²) in [5, 5.41) is 2.24. The number of hydrogen-bond acceptors (Lipinski definition) is 4. The molecule has 3 heterocycles. The highest BCUT2D eigenvalue weighted by molar-refractivity contribution is 7.10. The molecule has 0 spiro atoms. The molecule has 2 aromatic rings. The van der Waals surface area contributed by atoms with Crippen LogP contribution in [-0.4, -0.2) is 57.2 Å². The number of ether oxygens (including phenoxy) is 1. The molecule has 1 aromatic heterocycles. The van der Waals surface area contributed by atoms with Crippen molar-refractivity contribution in [1.82, 2.24) is 4.90 Å². The Kier molecular flexibility index (Phi) is 5.22. The lowest BCUT2D eigenvalue weighted by atomic mass is 9.96. The van der Waals surface area contributed by atoms with E-state index in [4.69, 9.17) is 4.74 Å². The first-order valence-electron chi connectivity index (χ1n) is 10.8. The molecule has 3 aliphatic rings. The lowest BCUT2D eigenvalue weighted by Crippen LogP contribution is -3.14. The summed E-state index contributed by atoms with van der Waals surface area (Å²) in [6.45, 7) is 5.18. The number of amides is 1. The minimum atomic E-state index is 0.332. The number of fused-ring (bicyclic) bond motifs is 1. The quantitative estimate of drug-likeness (QED) is 0.816. The second-order valence-corrected chi connectivity index (χ2v) is 9.52. The SMILES string of the molecule is COc1ccc(N2CCN(C(=O)C[NH+]3CCc4sccc4[C@H]3C3CC3)CC2)cc1. The highest BCUT2D eigenvalue weighted by Crippen LogP contribution is 2.42. The lowest BCUT2D eigenvalue weighted by Gasteiger charge is -2.38. The van der Waals surface area contributed by atoms with Crippen molar-refractivity contribution in [1.29, 1.82) is 0 Å². The molecular formula is C23H30N3O2S+. The molecule has 1 saturated heterocycles. The molecule has 2 aliphatic heterocycles. The number of thiophene rings is 1. The van der Waals surface area contributed by atoms with E-state index in [2.05, 4.69) is 33.4 Å². The van der Waals surface area contributed by atoms with Crippen LogP contribution in [0.4, 0.5) is 5.69 Å². The van der Waals surface area contributed by atoms with Crippen molar-refractivity contribution in [2.24, 2.45) is 5.92 Å².